The number of allylic oxidation sites excluding steroid dienone is 2. The molecule has 0 saturated heterocycles. The highest BCUT2D eigenvalue weighted by atomic mass is 35.5. The highest BCUT2D eigenvalue weighted by molar-refractivity contribution is 6.32. The molecule has 1 aromatic rings. The SMILES string of the molecule is CC1=CC(C)CC(CNc2ccc(Cl)c([N+](=O)[O-])c2)C1. The third-order valence-electron chi connectivity index (χ3n) is 3.62. The Bertz CT molecular complexity index is 543. The first-order chi connectivity index (χ1) is 9.45. The van der Waals surface area contributed by atoms with Crippen LogP contribution in [0.5, 0.6) is 0 Å². The second kappa shape index (κ2) is 6.27. The van der Waals surface area contributed by atoms with Gasteiger partial charge in [0, 0.05) is 18.3 Å². The minimum Gasteiger partial charge on any atom is -0.385 e. The topological polar surface area (TPSA) is 55.2 Å². The zero-order valence-corrected chi connectivity index (χ0v) is 12.5. The molecule has 5 heteroatoms. The van der Waals surface area contributed by atoms with Gasteiger partial charge in [-0.1, -0.05) is 30.2 Å². The van der Waals surface area contributed by atoms with E-state index in [0.717, 1.165) is 25.1 Å². The second-order valence-electron chi connectivity index (χ2n) is 5.60. The molecule has 0 amide bonds. The highest BCUT2D eigenvalue weighted by Crippen LogP contribution is 2.30. The summed E-state index contributed by atoms with van der Waals surface area (Å²) >= 11 is 5.80. The molecule has 4 nitrogen and oxygen atoms in total. The number of nitro groups is 1. The van der Waals surface area contributed by atoms with Crippen molar-refractivity contribution in [1.29, 1.82) is 0 Å². The van der Waals surface area contributed by atoms with Gasteiger partial charge in [0.2, 0.25) is 0 Å². The van der Waals surface area contributed by atoms with Crippen LogP contribution >= 0.6 is 11.6 Å². The average Bonchev–Trinajstić information content (AvgIpc) is 2.36. The molecule has 0 aliphatic heterocycles. The molecule has 0 bridgehead atoms. The van der Waals surface area contributed by atoms with Crippen LogP contribution in [0.3, 0.4) is 0 Å². The monoisotopic (exact) mass is 294 g/mol. The Balaban J connectivity index is 1.99. The molecule has 0 spiro atoms. The van der Waals surface area contributed by atoms with E-state index in [4.69, 9.17) is 11.6 Å². The van der Waals surface area contributed by atoms with Gasteiger partial charge in [-0.2, -0.15) is 0 Å². The Kier molecular flexibility index (Phi) is 4.65. The summed E-state index contributed by atoms with van der Waals surface area (Å²) in [7, 11) is 0. The van der Waals surface area contributed by atoms with Gasteiger partial charge in [-0.05, 0) is 43.7 Å². The largest absolute Gasteiger partial charge is 0.385 e. The first-order valence-corrected chi connectivity index (χ1v) is 7.18. The van der Waals surface area contributed by atoms with Crippen LogP contribution in [-0.4, -0.2) is 11.5 Å². The fraction of sp³-hybridized carbons (Fsp3) is 0.467. The van der Waals surface area contributed by atoms with Gasteiger partial charge in [0.05, 0.1) is 4.92 Å². The molecule has 108 valence electrons. The molecule has 2 atom stereocenters. The number of halogens is 1. The lowest BCUT2D eigenvalue weighted by Crippen LogP contribution is -2.20. The van der Waals surface area contributed by atoms with Gasteiger partial charge in [0.15, 0.2) is 0 Å². The van der Waals surface area contributed by atoms with Gasteiger partial charge in [0.1, 0.15) is 5.02 Å². The maximum absolute atomic E-state index is 10.9. The van der Waals surface area contributed by atoms with E-state index in [0.29, 0.717) is 11.8 Å². The van der Waals surface area contributed by atoms with Crippen molar-refractivity contribution >= 4 is 23.0 Å². The Morgan fingerprint density at radius 2 is 2.25 bits per heavy atom. The molecule has 2 rings (SSSR count). The van der Waals surface area contributed by atoms with Crippen molar-refractivity contribution in [3.63, 3.8) is 0 Å². The van der Waals surface area contributed by atoms with Gasteiger partial charge in [-0.3, -0.25) is 10.1 Å². The van der Waals surface area contributed by atoms with Crippen molar-refractivity contribution in [2.24, 2.45) is 11.8 Å². The normalized spacial score (nSPS) is 22.2. The van der Waals surface area contributed by atoms with Gasteiger partial charge in [-0.15, -0.1) is 0 Å². The van der Waals surface area contributed by atoms with Crippen molar-refractivity contribution in [2.75, 3.05) is 11.9 Å². The van der Waals surface area contributed by atoms with E-state index < -0.39 is 4.92 Å². The van der Waals surface area contributed by atoms with Crippen LogP contribution in [-0.2, 0) is 0 Å². The fourth-order valence-corrected chi connectivity index (χ4v) is 3.05. The molecule has 1 aromatic carbocycles. The van der Waals surface area contributed by atoms with Gasteiger partial charge >= 0.3 is 0 Å². The van der Waals surface area contributed by atoms with Crippen molar-refractivity contribution in [2.45, 2.75) is 26.7 Å². The number of hydrogen-bond acceptors (Lipinski definition) is 3. The van der Waals surface area contributed by atoms with Crippen LogP contribution in [0.25, 0.3) is 0 Å². The van der Waals surface area contributed by atoms with Crippen LogP contribution in [0.4, 0.5) is 11.4 Å². The molecule has 2 unspecified atom stereocenters. The number of nitrogens with one attached hydrogen (secondary N) is 1. The third-order valence-corrected chi connectivity index (χ3v) is 3.94. The van der Waals surface area contributed by atoms with E-state index in [-0.39, 0.29) is 10.7 Å². The van der Waals surface area contributed by atoms with Gasteiger partial charge in [0.25, 0.3) is 5.69 Å². The number of rotatable bonds is 4. The van der Waals surface area contributed by atoms with E-state index in [1.807, 2.05) is 0 Å². The van der Waals surface area contributed by atoms with Crippen molar-refractivity contribution in [3.05, 3.63) is 45.0 Å². The summed E-state index contributed by atoms with van der Waals surface area (Å²) < 4.78 is 0. The number of benzene rings is 1. The summed E-state index contributed by atoms with van der Waals surface area (Å²) in [6.45, 7) is 5.22. The third kappa shape index (κ3) is 3.73. The molecule has 0 heterocycles. The predicted molar refractivity (Wildman–Crippen MR) is 82.2 cm³/mol. The van der Waals surface area contributed by atoms with Crippen LogP contribution < -0.4 is 5.32 Å². The predicted octanol–water partition coefficient (Wildman–Crippen LogP) is 4.65. The molecular formula is C15H19ClN2O2. The van der Waals surface area contributed by atoms with Gasteiger partial charge in [-0.25, -0.2) is 0 Å². The van der Waals surface area contributed by atoms with E-state index in [1.54, 1.807) is 12.1 Å². The molecular weight excluding hydrogens is 276 g/mol. The summed E-state index contributed by atoms with van der Waals surface area (Å²) in [4.78, 5) is 10.4. The van der Waals surface area contributed by atoms with Crippen LogP contribution in [0.15, 0.2) is 29.8 Å². The summed E-state index contributed by atoms with van der Waals surface area (Å²) in [5.74, 6) is 1.18. The van der Waals surface area contributed by atoms with Crippen molar-refractivity contribution in [1.82, 2.24) is 0 Å². The minimum absolute atomic E-state index is 0.0512. The first-order valence-electron chi connectivity index (χ1n) is 6.81. The zero-order valence-electron chi connectivity index (χ0n) is 11.7. The van der Waals surface area contributed by atoms with Crippen LogP contribution in [0, 0.1) is 22.0 Å². The minimum atomic E-state index is -0.455. The lowest BCUT2D eigenvalue weighted by atomic mass is 9.84. The van der Waals surface area contributed by atoms with E-state index in [9.17, 15) is 10.1 Å². The number of nitro benzene ring substituents is 1. The highest BCUT2D eigenvalue weighted by Gasteiger charge is 2.18. The lowest BCUT2D eigenvalue weighted by Gasteiger charge is -2.25. The van der Waals surface area contributed by atoms with Crippen molar-refractivity contribution < 1.29 is 4.92 Å². The Hall–Kier alpha value is -1.55. The summed E-state index contributed by atoms with van der Waals surface area (Å²) in [5.41, 5.74) is 2.13. The Labute approximate surface area is 124 Å². The maximum atomic E-state index is 10.9. The summed E-state index contributed by atoms with van der Waals surface area (Å²) in [5, 5.41) is 14.3. The Morgan fingerprint density at radius 3 is 2.90 bits per heavy atom. The molecule has 0 radical (unpaired) electrons. The molecule has 1 aliphatic rings. The lowest BCUT2D eigenvalue weighted by molar-refractivity contribution is -0.384. The molecule has 20 heavy (non-hydrogen) atoms. The summed E-state index contributed by atoms with van der Waals surface area (Å²) in [6.07, 6.45) is 4.57. The molecule has 0 saturated carbocycles. The number of nitrogens with zero attached hydrogens (tertiary/aromatic N) is 1. The first kappa shape index (κ1) is 14.9. The fourth-order valence-electron chi connectivity index (χ4n) is 2.87. The molecule has 1 N–H and O–H groups in total. The van der Waals surface area contributed by atoms with Crippen LogP contribution in [0.2, 0.25) is 5.02 Å². The average molecular weight is 295 g/mol. The van der Waals surface area contributed by atoms with Crippen LogP contribution in [0.1, 0.15) is 26.7 Å². The number of anilines is 1. The standard InChI is InChI=1S/C15H19ClN2O2/c1-10-5-11(2)7-12(6-10)9-17-13-3-4-14(16)15(8-13)18(19)20/h3-5,8,10,12,17H,6-7,9H2,1-2H3. The Morgan fingerprint density at radius 1 is 1.50 bits per heavy atom. The second-order valence-corrected chi connectivity index (χ2v) is 6.01. The van der Waals surface area contributed by atoms with Crippen molar-refractivity contribution in [3.8, 4) is 0 Å². The molecule has 0 aromatic heterocycles. The quantitative estimate of drug-likeness (QED) is 0.499. The number of hydrogen-bond donors (Lipinski definition) is 1. The van der Waals surface area contributed by atoms with Gasteiger partial charge < -0.3 is 5.32 Å². The summed E-state index contributed by atoms with van der Waals surface area (Å²) in [6, 6.07) is 4.85. The van der Waals surface area contributed by atoms with E-state index in [1.165, 1.54) is 11.6 Å². The smallest absolute Gasteiger partial charge is 0.289 e. The van der Waals surface area contributed by atoms with E-state index in [2.05, 4.69) is 25.2 Å². The molecule has 0 fully saturated rings. The van der Waals surface area contributed by atoms with E-state index >= 15 is 0 Å². The zero-order chi connectivity index (χ0) is 14.7. The maximum Gasteiger partial charge on any atom is 0.289 e. The molecule has 1 aliphatic carbocycles.